The molecule has 1 aliphatic carbocycles. The summed E-state index contributed by atoms with van der Waals surface area (Å²) in [6, 6.07) is 10.3. The van der Waals surface area contributed by atoms with Crippen LogP contribution in [0.4, 0.5) is 0 Å². The van der Waals surface area contributed by atoms with Gasteiger partial charge in [-0.3, -0.25) is 9.59 Å². The van der Waals surface area contributed by atoms with Crippen LogP contribution in [0, 0.1) is 0 Å². The van der Waals surface area contributed by atoms with E-state index in [1.165, 1.54) is 0 Å². The molecule has 148 valence electrons. The van der Waals surface area contributed by atoms with Crippen LogP contribution in [0.25, 0.3) is 0 Å². The second kappa shape index (κ2) is 7.78. The van der Waals surface area contributed by atoms with Gasteiger partial charge in [0.2, 0.25) is 0 Å². The fraction of sp³-hybridized carbons (Fsp3) is 0.500. The first-order chi connectivity index (χ1) is 13.5. The molecule has 6 heteroatoms. The van der Waals surface area contributed by atoms with Crippen molar-refractivity contribution in [2.75, 3.05) is 0 Å². The van der Waals surface area contributed by atoms with Gasteiger partial charge in [-0.1, -0.05) is 30.3 Å². The SMILES string of the molecule is CC(C)N(Cc1ccccc1)C(=O)c1nc(C(=O)NC2CC2)n2c1CCCC2. The molecule has 2 aliphatic rings. The predicted molar refractivity (Wildman–Crippen MR) is 107 cm³/mol. The van der Waals surface area contributed by atoms with Crippen molar-refractivity contribution in [3.05, 3.63) is 53.1 Å². The average molecular weight is 380 g/mol. The minimum absolute atomic E-state index is 0.0392. The van der Waals surface area contributed by atoms with Crippen LogP contribution in [-0.2, 0) is 19.5 Å². The smallest absolute Gasteiger partial charge is 0.287 e. The number of hydrogen-bond acceptors (Lipinski definition) is 3. The summed E-state index contributed by atoms with van der Waals surface area (Å²) in [6.45, 7) is 5.32. The Morgan fingerprint density at radius 2 is 1.96 bits per heavy atom. The zero-order valence-electron chi connectivity index (χ0n) is 16.6. The highest BCUT2D eigenvalue weighted by Crippen LogP contribution is 2.25. The van der Waals surface area contributed by atoms with Crippen LogP contribution in [-0.4, -0.2) is 38.3 Å². The fourth-order valence-electron chi connectivity index (χ4n) is 3.77. The highest BCUT2D eigenvalue weighted by Gasteiger charge is 2.32. The molecule has 1 saturated carbocycles. The van der Waals surface area contributed by atoms with Crippen LogP contribution in [0.1, 0.15) is 71.9 Å². The maximum atomic E-state index is 13.5. The van der Waals surface area contributed by atoms with Gasteiger partial charge in [-0.15, -0.1) is 0 Å². The molecule has 0 spiro atoms. The number of imidazole rings is 1. The van der Waals surface area contributed by atoms with Gasteiger partial charge in [0.25, 0.3) is 11.8 Å². The Morgan fingerprint density at radius 1 is 1.21 bits per heavy atom. The number of amides is 2. The fourth-order valence-corrected chi connectivity index (χ4v) is 3.77. The van der Waals surface area contributed by atoms with Crippen molar-refractivity contribution in [2.45, 2.75) is 71.1 Å². The number of aromatic nitrogens is 2. The summed E-state index contributed by atoms with van der Waals surface area (Å²) in [5, 5.41) is 3.02. The number of nitrogens with zero attached hydrogens (tertiary/aromatic N) is 3. The predicted octanol–water partition coefficient (Wildman–Crippen LogP) is 3.16. The van der Waals surface area contributed by atoms with E-state index < -0.39 is 0 Å². The molecule has 0 saturated heterocycles. The number of benzene rings is 1. The largest absolute Gasteiger partial charge is 0.347 e. The zero-order chi connectivity index (χ0) is 19.7. The van der Waals surface area contributed by atoms with Crippen molar-refractivity contribution >= 4 is 11.8 Å². The van der Waals surface area contributed by atoms with E-state index >= 15 is 0 Å². The molecule has 6 nitrogen and oxygen atoms in total. The van der Waals surface area contributed by atoms with Crippen LogP contribution in [0.3, 0.4) is 0 Å². The molecule has 4 rings (SSSR count). The van der Waals surface area contributed by atoms with Crippen LogP contribution >= 0.6 is 0 Å². The molecule has 1 N–H and O–H groups in total. The topological polar surface area (TPSA) is 67.2 Å². The minimum atomic E-state index is -0.149. The summed E-state index contributed by atoms with van der Waals surface area (Å²) in [5.74, 6) is 0.159. The second-order valence-corrected chi connectivity index (χ2v) is 8.10. The first-order valence-corrected chi connectivity index (χ1v) is 10.3. The van der Waals surface area contributed by atoms with Crippen molar-refractivity contribution in [3.63, 3.8) is 0 Å². The highest BCUT2D eigenvalue weighted by atomic mass is 16.2. The average Bonchev–Trinajstić information content (AvgIpc) is 3.43. The van der Waals surface area contributed by atoms with Crippen molar-refractivity contribution in [1.82, 2.24) is 19.8 Å². The number of carbonyl (C=O) groups is 2. The first kappa shape index (κ1) is 18.7. The van der Waals surface area contributed by atoms with Gasteiger partial charge in [0.15, 0.2) is 5.82 Å². The summed E-state index contributed by atoms with van der Waals surface area (Å²) in [4.78, 5) is 32.5. The summed E-state index contributed by atoms with van der Waals surface area (Å²) >= 11 is 0. The van der Waals surface area contributed by atoms with Crippen LogP contribution in [0.15, 0.2) is 30.3 Å². The van der Waals surface area contributed by atoms with E-state index in [2.05, 4.69) is 10.3 Å². The number of carbonyl (C=O) groups excluding carboxylic acids is 2. The molecule has 1 fully saturated rings. The van der Waals surface area contributed by atoms with E-state index in [-0.39, 0.29) is 23.9 Å². The molecule has 0 atom stereocenters. The van der Waals surface area contributed by atoms with Gasteiger partial charge in [-0.05, 0) is 51.5 Å². The van der Waals surface area contributed by atoms with E-state index in [1.54, 1.807) is 0 Å². The number of nitrogens with one attached hydrogen (secondary N) is 1. The maximum absolute atomic E-state index is 13.5. The van der Waals surface area contributed by atoms with E-state index in [4.69, 9.17) is 0 Å². The third-order valence-electron chi connectivity index (χ3n) is 5.52. The molecule has 2 aromatic rings. The summed E-state index contributed by atoms with van der Waals surface area (Å²) < 4.78 is 1.97. The summed E-state index contributed by atoms with van der Waals surface area (Å²) in [7, 11) is 0. The quantitative estimate of drug-likeness (QED) is 0.837. The Hall–Kier alpha value is -2.63. The Morgan fingerprint density at radius 3 is 2.64 bits per heavy atom. The molecular formula is C22H28N4O2. The lowest BCUT2D eigenvalue weighted by atomic mass is 10.1. The lowest BCUT2D eigenvalue weighted by molar-refractivity contribution is 0.0683. The maximum Gasteiger partial charge on any atom is 0.287 e. The first-order valence-electron chi connectivity index (χ1n) is 10.3. The molecule has 28 heavy (non-hydrogen) atoms. The molecule has 0 radical (unpaired) electrons. The highest BCUT2D eigenvalue weighted by molar-refractivity contribution is 5.97. The van der Waals surface area contributed by atoms with Gasteiger partial charge in [-0.25, -0.2) is 4.98 Å². The molecule has 1 aromatic carbocycles. The Bertz CT molecular complexity index is 868. The van der Waals surface area contributed by atoms with Gasteiger partial charge in [0, 0.05) is 25.2 Å². The van der Waals surface area contributed by atoms with E-state index in [0.29, 0.717) is 18.1 Å². The van der Waals surface area contributed by atoms with Gasteiger partial charge >= 0.3 is 0 Å². The van der Waals surface area contributed by atoms with Crippen molar-refractivity contribution in [1.29, 1.82) is 0 Å². The van der Waals surface area contributed by atoms with Crippen molar-refractivity contribution in [2.24, 2.45) is 0 Å². The van der Waals surface area contributed by atoms with Crippen molar-refractivity contribution < 1.29 is 9.59 Å². The lowest BCUT2D eigenvalue weighted by Gasteiger charge is -2.27. The van der Waals surface area contributed by atoms with Crippen molar-refractivity contribution in [3.8, 4) is 0 Å². The molecule has 0 bridgehead atoms. The second-order valence-electron chi connectivity index (χ2n) is 8.10. The summed E-state index contributed by atoms with van der Waals surface area (Å²) in [6.07, 6.45) is 4.89. The number of fused-ring (bicyclic) bond motifs is 1. The molecule has 2 amide bonds. The normalized spacial score (nSPS) is 16.0. The Kier molecular flexibility index (Phi) is 5.20. The van der Waals surface area contributed by atoms with Gasteiger partial charge < -0.3 is 14.8 Å². The van der Waals surface area contributed by atoms with Crippen LogP contribution < -0.4 is 5.32 Å². The van der Waals surface area contributed by atoms with E-state index in [9.17, 15) is 9.59 Å². The third-order valence-corrected chi connectivity index (χ3v) is 5.52. The monoisotopic (exact) mass is 380 g/mol. The molecular weight excluding hydrogens is 352 g/mol. The number of hydrogen-bond donors (Lipinski definition) is 1. The Labute approximate surface area is 165 Å². The zero-order valence-corrected chi connectivity index (χ0v) is 16.6. The molecule has 2 heterocycles. The minimum Gasteiger partial charge on any atom is -0.347 e. The molecule has 1 aromatic heterocycles. The summed E-state index contributed by atoms with van der Waals surface area (Å²) in [5.41, 5.74) is 2.45. The van der Waals surface area contributed by atoms with Gasteiger partial charge in [0.1, 0.15) is 5.69 Å². The standard InChI is InChI=1S/C22H28N4O2/c1-15(2)26(14-16-8-4-3-5-9-16)22(28)19-18-10-6-7-13-25(18)20(24-19)21(27)23-17-11-12-17/h3-5,8-9,15,17H,6-7,10-14H2,1-2H3,(H,23,27). The molecule has 1 aliphatic heterocycles. The Balaban J connectivity index is 1.65. The molecule has 0 unspecified atom stereocenters. The number of rotatable bonds is 6. The van der Waals surface area contributed by atoms with Gasteiger partial charge in [0.05, 0.1) is 5.69 Å². The van der Waals surface area contributed by atoms with Crippen LogP contribution in [0.5, 0.6) is 0 Å². The van der Waals surface area contributed by atoms with Crippen LogP contribution in [0.2, 0.25) is 0 Å². The van der Waals surface area contributed by atoms with E-state index in [1.807, 2.05) is 53.6 Å². The third kappa shape index (κ3) is 3.81. The lowest BCUT2D eigenvalue weighted by Crippen LogP contribution is -2.37. The van der Waals surface area contributed by atoms with Gasteiger partial charge in [-0.2, -0.15) is 0 Å². The van der Waals surface area contributed by atoms with E-state index in [0.717, 1.165) is 49.9 Å².